The van der Waals surface area contributed by atoms with Crippen LogP contribution in [0.3, 0.4) is 0 Å². The molecule has 1 saturated carbocycles. The summed E-state index contributed by atoms with van der Waals surface area (Å²) in [5, 5.41) is 20.9. The van der Waals surface area contributed by atoms with Gasteiger partial charge in [0.05, 0.1) is 132 Å². The molecule has 79 heavy (non-hydrogen) atoms. The van der Waals surface area contributed by atoms with Gasteiger partial charge < -0.3 is 70.0 Å². The second-order valence-electron chi connectivity index (χ2n) is 18.3. The van der Waals surface area contributed by atoms with Crippen molar-refractivity contribution < 1.29 is 81.4 Å². The van der Waals surface area contributed by atoms with Gasteiger partial charge in [-0.05, 0) is 49.1 Å². The summed E-state index contributed by atoms with van der Waals surface area (Å²) >= 11 is 13.5. The summed E-state index contributed by atoms with van der Waals surface area (Å²) in [6.45, 7) is 6.29. The van der Waals surface area contributed by atoms with E-state index in [0.717, 1.165) is 17.7 Å². The van der Waals surface area contributed by atoms with Crippen molar-refractivity contribution in [2.24, 2.45) is 11.1 Å². The highest BCUT2D eigenvalue weighted by molar-refractivity contribution is 8.00. The molecule has 7 N–H and O–H groups in total. The van der Waals surface area contributed by atoms with E-state index >= 15 is 0 Å². The highest BCUT2D eigenvalue weighted by Crippen LogP contribution is 2.41. The molecule has 2 aliphatic rings. The first-order valence-electron chi connectivity index (χ1n) is 26.5. The van der Waals surface area contributed by atoms with E-state index in [1.807, 2.05) is 0 Å². The van der Waals surface area contributed by atoms with Gasteiger partial charge in [-0.3, -0.25) is 38.5 Å². The first kappa shape index (κ1) is 66.5. The summed E-state index contributed by atoms with van der Waals surface area (Å²) in [5.41, 5.74) is 5.56. The fraction of sp³-hybridized carbons (Fsp3) is 0.623. The SMILES string of the molecule is NC(=O)CCSC1CC(=O)N(CCC(=O)NCCOCCOCCOCCOCCOCCOCCOCCOCCC(=O)NCCC2(C(=O)N[C@@H](Cc3ccc(NC(=O)c4c(Cl)cccc4Cl)cc3)C(=O)O)CCCC2)C1=O. The zero-order chi connectivity index (χ0) is 57.1. The fourth-order valence-corrected chi connectivity index (χ4v) is 9.94. The van der Waals surface area contributed by atoms with Gasteiger partial charge in [0.15, 0.2) is 0 Å². The van der Waals surface area contributed by atoms with E-state index < -0.39 is 34.5 Å². The van der Waals surface area contributed by atoms with Crippen LogP contribution in [0.5, 0.6) is 0 Å². The van der Waals surface area contributed by atoms with Gasteiger partial charge in [0, 0.05) is 63.2 Å². The summed E-state index contributed by atoms with van der Waals surface area (Å²) in [7, 11) is 0. The number of nitrogens with two attached hydrogens (primary N) is 1. The molecule has 1 heterocycles. The molecule has 2 atom stereocenters. The number of carbonyl (C=O) groups is 8. The molecular weight excluding hydrogens is 1100 g/mol. The van der Waals surface area contributed by atoms with Crippen molar-refractivity contribution >= 4 is 88.0 Å². The zero-order valence-electron chi connectivity index (χ0n) is 44.6. The minimum atomic E-state index is -1.19. The number of hydrogen-bond donors (Lipinski definition) is 6. The third-order valence-electron chi connectivity index (χ3n) is 12.5. The van der Waals surface area contributed by atoms with Gasteiger partial charge in [-0.1, -0.05) is 54.2 Å². The van der Waals surface area contributed by atoms with E-state index in [1.165, 1.54) is 11.8 Å². The molecule has 0 aromatic heterocycles. The van der Waals surface area contributed by atoms with Crippen molar-refractivity contribution in [2.45, 2.75) is 75.5 Å². The normalized spacial score (nSPS) is 15.3. The number of primary amides is 1. The van der Waals surface area contributed by atoms with Gasteiger partial charge in [0.2, 0.25) is 35.4 Å². The van der Waals surface area contributed by atoms with Crippen LogP contribution in [-0.4, -0.2) is 200 Å². The number of anilines is 1. The first-order chi connectivity index (χ1) is 38.2. The molecule has 1 aliphatic carbocycles. The van der Waals surface area contributed by atoms with Crippen LogP contribution in [-0.2, 0) is 77.9 Å². The van der Waals surface area contributed by atoms with E-state index in [9.17, 15) is 43.5 Å². The van der Waals surface area contributed by atoms with Crippen molar-refractivity contribution in [2.75, 3.05) is 136 Å². The minimum absolute atomic E-state index is 0.000391. The molecule has 1 saturated heterocycles. The summed E-state index contributed by atoms with van der Waals surface area (Å²) < 4.78 is 44.0. The van der Waals surface area contributed by atoms with Crippen LogP contribution in [0.4, 0.5) is 5.69 Å². The monoisotopic (exact) mass is 1170 g/mol. The number of ether oxygens (including phenoxy) is 8. The van der Waals surface area contributed by atoms with Gasteiger partial charge in [-0.25, -0.2) is 4.79 Å². The van der Waals surface area contributed by atoms with E-state index in [4.69, 9.17) is 66.8 Å². The number of hydrogen-bond acceptors (Lipinski definition) is 17. The Morgan fingerprint density at radius 3 is 1.68 bits per heavy atom. The predicted octanol–water partition coefficient (Wildman–Crippen LogP) is 3.19. The lowest BCUT2D eigenvalue weighted by molar-refractivity contribution is -0.144. The molecule has 440 valence electrons. The average Bonchev–Trinajstić information content (AvgIpc) is 4.01. The van der Waals surface area contributed by atoms with Crippen LogP contribution in [0, 0.1) is 5.41 Å². The number of benzene rings is 2. The standard InChI is InChI=1S/C53H76Cl2N6O17S/c54-40-4-3-5-41(55)48(40)49(66)59-39-8-6-38(7-9-39)36-42(51(68)69)60-52(70)53(13-1-2-14-53)15-16-57-46(64)11-19-71-21-23-73-25-27-75-29-31-77-33-34-78-32-30-76-28-26-74-24-22-72-20-17-58-45(63)10-18-61-47(65)37-43(50(61)67)79-35-12-44(56)62/h3-9,42-43H,1-2,10-37H2,(H2,56,62)(H,57,64)(H,58,63)(H,59,66)(H,60,70)(H,68,69)/t42-,43?/m0/s1. The molecule has 26 heteroatoms. The Balaban J connectivity index is 0.879. The van der Waals surface area contributed by atoms with Crippen molar-refractivity contribution in [3.8, 4) is 0 Å². The van der Waals surface area contributed by atoms with Crippen molar-refractivity contribution in [1.29, 1.82) is 0 Å². The number of amides is 7. The lowest BCUT2D eigenvalue weighted by Gasteiger charge is -2.29. The van der Waals surface area contributed by atoms with Gasteiger partial charge in [-0.15, -0.1) is 11.8 Å². The number of rotatable bonds is 44. The Labute approximate surface area is 474 Å². The third kappa shape index (κ3) is 26.4. The molecule has 2 aromatic rings. The predicted molar refractivity (Wildman–Crippen MR) is 293 cm³/mol. The van der Waals surface area contributed by atoms with Crippen LogP contribution < -0.4 is 27.0 Å². The Hall–Kier alpha value is -4.99. The minimum Gasteiger partial charge on any atom is -0.480 e. The average molecular weight is 1170 g/mol. The Morgan fingerprint density at radius 1 is 0.671 bits per heavy atom. The molecular formula is C53H76Cl2N6O17S. The summed E-state index contributed by atoms with van der Waals surface area (Å²) in [6, 6.07) is 10.2. The Bertz CT molecular complexity index is 2210. The molecule has 2 fully saturated rings. The molecule has 7 amide bonds. The zero-order valence-corrected chi connectivity index (χ0v) is 46.9. The summed E-state index contributed by atoms with van der Waals surface area (Å²) in [4.78, 5) is 100.0. The molecule has 2 aromatic carbocycles. The van der Waals surface area contributed by atoms with E-state index in [1.54, 1.807) is 42.5 Å². The highest BCUT2D eigenvalue weighted by atomic mass is 35.5. The molecule has 4 rings (SSSR count). The van der Waals surface area contributed by atoms with E-state index in [-0.39, 0.29) is 110 Å². The molecule has 1 aliphatic heterocycles. The lowest BCUT2D eigenvalue weighted by atomic mass is 9.81. The molecule has 0 spiro atoms. The maximum absolute atomic E-state index is 13.6. The quantitative estimate of drug-likeness (QED) is 0.0410. The molecule has 23 nitrogen and oxygen atoms in total. The molecule has 0 radical (unpaired) electrons. The fourth-order valence-electron chi connectivity index (χ4n) is 8.24. The number of thioether (sulfide) groups is 1. The van der Waals surface area contributed by atoms with Crippen LogP contribution >= 0.6 is 35.0 Å². The third-order valence-corrected chi connectivity index (χ3v) is 14.3. The Kier molecular flexibility index (Phi) is 32.5. The van der Waals surface area contributed by atoms with Crippen LogP contribution in [0.2, 0.25) is 10.0 Å². The number of carbonyl (C=O) groups excluding carboxylic acids is 7. The number of likely N-dealkylation sites (tertiary alicyclic amines) is 1. The number of halogens is 2. The maximum atomic E-state index is 13.6. The summed E-state index contributed by atoms with van der Waals surface area (Å²) in [6.07, 6.45) is 3.51. The van der Waals surface area contributed by atoms with Crippen LogP contribution in [0.25, 0.3) is 0 Å². The van der Waals surface area contributed by atoms with Gasteiger partial charge >= 0.3 is 5.97 Å². The number of carboxylic acid groups (broad SMARTS) is 1. The maximum Gasteiger partial charge on any atom is 0.326 e. The first-order valence-corrected chi connectivity index (χ1v) is 28.3. The van der Waals surface area contributed by atoms with E-state index in [0.29, 0.717) is 129 Å². The van der Waals surface area contributed by atoms with Gasteiger partial charge in [0.25, 0.3) is 5.91 Å². The molecule has 1 unspecified atom stereocenters. The number of nitrogens with zero attached hydrogens (tertiary/aromatic N) is 1. The number of carboxylic acids is 1. The summed E-state index contributed by atoms with van der Waals surface area (Å²) in [5.74, 6) is -3.32. The molecule has 0 bridgehead atoms. The van der Waals surface area contributed by atoms with Crippen molar-refractivity contribution in [3.05, 3.63) is 63.6 Å². The van der Waals surface area contributed by atoms with Crippen molar-refractivity contribution in [1.82, 2.24) is 20.9 Å². The smallest absolute Gasteiger partial charge is 0.326 e. The highest BCUT2D eigenvalue weighted by Gasteiger charge is 2.42. The van der Waals surface area contributed by atoms with Gasteiger partial charge in [-0.2, -0.15) is 0 Å². The second-order valence-corrected chi connectivity index (χ2v) is 20.4. The van der Waals surface area contributed by atoms with Crippen LogP contribution in [0.15, 0.2) is 42.5 Å². The number of aliphatic carboxylic acids is 1. The number of imide groups is 1. The van der Waals surface area contributed by atoms with Gasteiger partial charge in [0.1, 0.15) is 6.04 Å². The van der Waals surface area contributed by atoms with Crippen molar-refractivity contribution in [3.63, 3.8) is 0 Å². The Morgan fingerprint density at radius 2 is 1.16 bits per heavy atom. The van der Waals surface area contributed by atoms with Crippen LogP contribution in [0.1, 0.15) is 73.7 Å². The largest absolute Gasteiger partial charge is 0.480 e. The second kappa shape index (κ2) is 38.6. The number of nitrogens with one attached hydrogen (secondary N) is 4. The van der Waals surface area contributed by atoms with E-state index in [2.05, 4.69) is 21.3 Å². The topological polar surface area (TPSA) is 308 Å². The lowest BCUT2D eigenvalue weighted by Crippen LogP contribution is -2.49.